The van der Waals surface area contributed by atoms with Crippen molar-refractivity contribution in [1.82, 2.24) is 15.6 Å². The summed E-state index contributed by atoms with van der Waals surface area (Å²) in [5.41, 5.74) is 1.18. The van der Waals surface area contributed by atoms with Gasteiger partial charge in [-0.1, -0.05) is 17.7 Å². The first-order valence-corrected chi connectivity index (χ1v) is 9.80. The predicted octanol–water partition coefficient (Wildman–Crippen LogP) is 3.44. The number of benzene rings is 1. The van der Waals surface area contributed by atoms with Gasteiger partial charge in [-0.25, -0.2) is 9.98 Å². The third-order valence-electron chi connectivity index (χ3n) is 4.11. The fourth-order valence-electron chi connectivity index (χ4n) is 2.93. The molecular formula is C18H24ClN5S. The number of guanidine groups is 1. The SMILES string of the molecule is CCNC(=NCc1cnc(C)s1)NC1CCN(c2cccc(Cl)c2)C1. The zero-order chi connectivity index (χ0) is 17.6. The summed E-state index contributed by atoms with van der Waals surface area (Å²) >= 11 is 7.81. The van der Waals surface area contributed by atoms with Gasteiger partial charge in [-0.15, -0.1) is 11.3 Å². The number of aromatic nitrogens is 1. The van der Waals surface area contributed by atoms with Crippen LogP contribution in [-0.2, 0) is 6.54 Å². The van der Waals surface area contributed by atoms with E-state index in [1.54, 1.807) is 11.3 Å². The first kappa shape index (κ1) is 18.0. The molecule has 5 nitrogen and oxygen atoms in total. The summed E-state index contributed by atoms with van der Waals surface area (Å²) in [7, 11) is 0. The van der Waals surface area contributed by atoms with Crippen LogP contribution in [0.4, 0.5) is 5.69 Å². The number of anilines is 1. The van der Waals surface area contributed by atoms with Gasteiger partial charge in [0, 0.05) is 47.5 Å². The quantitative estimate of drug-likeness (QED) is 0.619. The van der Waals surface area contributed by atoms with Crippen molar-refractivity contribution in [3.63, 3.8) is 0 Å². The molecule has 1 aliphatic rings. The van der Waals surface area contributed by atoms with Crippen LogP contribution in [-0.4, -0.2) is 36.6 Å². The number of hydrogen-bond acceptors (Lipinski definition) is 4. The standard InChI is InChI=1S/C18H24ClN5S/c1-3-20-18(22-11-17-10-21-13(2)25-17)23-15-7-8-24(12-15)16-6-4-5-14(19)9-16/h4-6,9-10,15H,3,7-8,11-12H2,1-2H3,(H2,20,22,23). The van der Waals surface area contributed by atoms with Gasteiger partial charge in [0.1, 0.15) is 0 Å². The van der Waals surface area contributed by atoms with Crippen molar-refractivity contribution in [2.24, 2.45) is 4.99 Å². The third kappa shape index (κ3) is 5.09. The molecule has 1 saturated heterocycles. The van der Waals surface area contributed by atoms with Crippen molar-refractivity contribution in [3.05, 3.63) is 45.4 Å². The van der Waals surface area contributed by atoms with E-state index in [4.69, 9.17) is 16.6 Å². The van der Waals surface area contributed by atoms with Crippen LogP contribution in [0.1, 0.15) is 23.2 Å². The van der Waals surface area contributed by atoms with Crippen molar-refractivity contribution in [2.75, 3.05) is 24.5 Å². The maximum atomic E-state index is 6.11. The van der Waals surface area contributed by atoms with Crippen LogP contribution >= 0.6 is 22.9 Å². The van der Waals surface area contributed by atoms with E-state index in [0.29, 0.717) is 12.6 Å². The van der Waals surface area contributed by atoms with Crippen molar-refractivity contribution in [3.8, 4) is 0 Å². The average molecular weight is 378 g/mol. The van der Waals surface area contributed by atoms with E-state index >= 15 is 0 Å². The van der Waals surface area contributed by atoms with Crippen molar-refractivity contribution in [1.29, 1.82) is 0 Å². The summed E-state index contributed by atoms with van der Waals surface area (Å²) < 4.78 is 0. The Hall–Kier alpha value is -1.79. The number of hydrogen-bond donors (Lipinski definition) is 2. The molecule has 1 atom stereocenters. The lowest BCUT2D eigenvalue weighted by molar-refractivity contribution is 0.649. The molecule has 0 aliphatic carbocycles. The Labute approximate surface area is 158 Å². The molecule has 0 saturated carbocycles. The maximum absolute atomic E-state index is 6.11. The molecule has 1 aromatic heterocycles. The number of rotatable bonds is 5. The highest BCUT2D eigenvalue weighted by atomic mass is 35.5. The number of nitrogens with zero attached hydrogens (tertiary/aromatic N) is 3. The summed E-state index contributed by atoms with van der Waals surface area (Å²) in [5.74, 6) is 0.867. The van der Waals surface area contributed by atoms with Crippen LogP contribution in [0, 0.1) is 6.92 Å². The van der Waals surface area contributed by atoms with Crippen LogP contribution in [0.2, 0.25) is 5.02 Å². The van der Waals surface area contributed by atoms with Crippen LogP contribution in [0.3, 0.4) is 0 Å². The third-order valence-corrected chi connectivity index (χ3v) is 5.24. The molecule has 0 spiro atoms. The van der Waals surface area contributed by atoms with Crippen LogP contribution < -0.4 is 15.5 Å². The Morgan fingerprint density at radius 2 is 2.36 bits per heavy atom. The zero-order valence-electron chi connectivity index (χ0n) is 14.6. The lowest BCUT2D eigenvalue weighted by atomic mass is 10.3. The number of nitrogens with one attached hydrogen (secondary N) is 2. The van der Waals surface area contributed by atoms with Gasteiger partial charge in [-0.2, -0.15) is 0 Å². The average Bonchev–Trinajstić information content (AvgIpc) is 3.22. The molecule has 7 heteroatoms. The van der Waals surface area contributed by atoms with Gasteiger partial charge in [0.05, 0.1) is 11.6 Å². The van der Waals surface area contributed by atoms with Crippen LogP contribution in [0.5, 0.6) is 0 Å². The molecular weight excluding hydrogens is 354 g/mol. The highest BCUT2D eigenvalue weighted by Crippen LogP contribution is 2.23. The fraction of sp³-hybridized carbons (Fsp3) is 0.444. The number of aryl methyl sites for hydroxylation is 1. The summed E-state index contributed by atoms with van der Waals surface area (Å²) in [4.78, 5) is 12.5. The van der Waals surface area contributed by atoms with E-state index in [0.717, 1.165) is 42.0 Å². The van der Waals surface area contributed by atoms with E-state index in [-0.39, 0.29) is 0 Å². The lowest BCUT2D eigenvalue weighted by Crippen LogP contribution is -2.44. The molecule has 1 aromatic carbocycles. The largest absolute Gasteiger partial charge is 0.369 e. The smallest absolute Gasteiger partial charge is 0.191 e. The monoisotopic (exact) mass is 377 g/mol. The Morgan fingerprint density at radius 3 is 3.08 bits per heavy atom. The molecule has 2 aromatic rings. The minimum Gasteiger partial charge on any atom is -0.369 e. The maximum Gasteiger partial charge on any atom is 0.191 e. The van der Waals surface area contributed by atoms with Gasteiger partial charge in [0.25, 0.3) is 0 Å². The lowest BCUT2D eigenvalue weighted by Gasteiger charge is -2.20. The zero-order valence-corrected chi connectivity index (χ0v) is 16.2. The second kappa shape index (κ2) is 8.54. The molecule has 0 amide bonds. The van der Waals surface area contributed by atoms with E-state index in [2.05, 4.69) is 33.5 Å². The highest BCUT2D eigenvalue weighted by Gasteiger charge is 2.23. The summed E-state index contributed by atoms with van der Waals surface area (Å²) in [6.07, 6.45) is 2.99. The van der Waals surface area contributed by atoms with E-state index in [1.165, 1.54) is 10.6 Å². The summed E-state index contributed by atoms with van der Waals surface area (Å²) in [5, 5.41) is 8.75. The van der Waals surface area contributed by atoms with Gasteiger partial charge >= 0.3 is 0 Å². The molecule has 0 bridgehead atoms. The van der Waals surface area contributed by atoms with Crippen molar-refractivity contribution in [2.45, 2.75) is 32.9 Å². The molecule has 1 unspecified atom stereocenters. The number of aliphatic imine (C=N–C) groups is 1. The normalized spacial score (nSPS) is 17.8. The molecule has 25 heavy (non-hydrogen) atoms. The molecule has 0 radical (unpaired) electrons. The summed E-state index contributed by atoms with van der Waals surface area (Å²) in [6.45, 7) is 7.57. The van der Waals surface area contributed by atoms with E-state index in [9.17, 15) is 0 Å². The Balaban J connectivity index is 1.59. The Bertz CT molecular complexity index is 730. The van der Waals surface area contributed by atoms with Crippen LogP contribution in [0.25, 0.3) is 0 Å². The molecule has 1 aliphatic heterocycles. The van der Waals surface area contributed by atoms with Crippen LogP contribution in [0.15, 0.2) is 35.5 Å². The van der Waals surface area contributed by atoms with Gasteiger partial charge < -0.3 is 15.5 Å². The van der Waals surface area contributed by atoms with Gasteiger partial charge in [0.15, 0.2) is 5.96 Å². The van der Waals surface area contributed by atoms with Gasteiger partial charge in [-0.05, 0) is 38.5 Å². The topological polar surface area (TPSA) is 52.6 Å². The fourth-order valence-corrected chi connectivity index (χ4v) is 3.84. The second-order valence-electron chi connectivity index (χ2n) is 6.10. The predicted molar refractivity (Wildman–Crippen MR) is 107 cm³/mol. The van der Waals surface area contributed by atoms with Crippen molar-refractivity contribution < 1.29 is 0 Å². The Morgan fingerprint density at radius 1 is 1.48 bits per heavy atom. The molecule has 134 valence electrons. The first-order valence-electron chi connectivity index (χ1n) is 8.60. The Kier molecular flexibility index (Phi) is 6.15. The van der Waals surface area contributed by atoms with E-state index < -0.39 is 0 Å². The number of halogens is 1. The van der Waals surface area contributed by atoms with Gasteiger partial charge in [-0.3, -0.25) is 0 Å². The minimum atomic E-state index is 0.375. The number of thiazole rings is 1. The van der Waals surface area contributed by atoms with E-state index in [1.807, 2.05) is 31.3 Å². The molecule has 2 heterocycles. The molecule has 1 fully saturated rings. The first-order chi connectivity index (χ1) is 12.1. The van der Waals surface area contributed by atoms with Gasteiger partial charge in [0.2, 0.25) is 0 Å². The highest BCUT2D eigenvalue weighted by molar-refractivity contribution is 7.11. The summed E-state index contributed by atoms with van der Waals surface area (Å²) in [6, 6.07) is 8.42. The second-order valence-corrected chi connectivity index (χ2v) is 7.85. The molecule has 3 rings (SSSR count). The van der Waals surface area contributed by atoms with Crippen molar-refractivity contribution >= 4 is 34.6 Å². The molecule has 2 N–H and O–H groups in total. The minimum absolute atomic E-state index is 0.375.